The highest BCUT2D eigenvalue weighted by molar-refractivity contribution is 7.99. The molecule has 0 aromatic rings. The number of thioether (sulfide) groups is 1. The Hall–Kier alpha value is -2.24. The van der Waals surface area contributed by atoms with Crippen LogP contribution in [0.2, 0.25) is 0 Å². The number of carbonyl (C=O) groups excluding carboxylic acids is 1. The third-order valence-electron chi connectivity index (χ3n) is 3.71. The Balaban J connectivity index is 1.62. The summed E-state index contributed by atoms with van der Waals surface area (Å²) in [6.07, 6.45) is 21.7. The molecular formula is C22H27NO3S. The predicted molar refractivity (Wildman–Crippen MR) is 114 cm³/mol. The van der Waals surface area contributed by atoms with Crippen molar-refractivity contribution in [2.45, 2.75) is 12.5 Å². The zero-order valence-corrected chi connectivity index (χ0v) is 16.3. The Morgan fingerprint density at radius 2 is 1.67 bits per heavy atom. The standard InChI is InChI=1S/C22H27NO3S/c1-2-15-25-16-18-27-17-11-14-23-22(24)26-21-19-12-9-7-5-3-4-6-8-10-13-20(19)21/h2-10,12-13,21H,1,11,14-18H2,(H,23,24)/b4-3-,5-3?,6-4?,7-5-,8-6-,9-7?,10-8?,12-9-,13-10-,19-12?,20-13?. The lowest BCUT2D eigenvalue weighted by molar-refractivity contribution is 0.144. The fourth-order valence-electron chi connectivity index (χ4n) is 2.33. The highest BCUT2D eigenvalue weighted by Crippen LogP contribution is 2.37. The van der Waals surface area contributed by atoms with Gasteiger partial charge >= 0.3 is 6.09 Å². The molecule has 5 heteroatoms. The van der Waals surface area contributed by atoms with Crippen molar-refractivity contribution in [3.05, 3.63) is 84.6 Å². The molecule has 2 rings (SSSR count). The van der Waals surface area contributed by atoms with Gasteiger partial charge in [-0.1, -0.05) is 66.8 Å². The first-order valence-electron chi connectivity index (χ1n) is 9.12. The molecule has 27 heavy (non-hydrogen) atoms. The van der Waals surface area contributed by atoms with Gasteiger partial charge in [0.1, 0.15) is 0 Å². The topological polar surface area (TPSA) is 47.6 Å². The molecule has 0 atom stereocenters. The minimum Gasteiger partial charge on any atom is -0.436 e. The molecule has 2 aliphatic carbocycles. The van der Waals surface area contributed by atoms with Crippen LogP contribution in [0, 0.1) is 0 Å². The van der Waals surface area contributed by atoms with Crippen molar-refractivity contribution in [1.82, 2.24) is 5.32 Å². The number of hydrogen-bond donors (Lipinski definition) is 1. The highest BCUT2D eigenvalue weighted by Gasteiger charge is 2.36. The molecule has 1 amide bonds. The summed E-state index contributed by atoms with van der Waals surface area (Å²) < 4.78 is 10.8. The summed E-state index contributed by atoms with van der Waals surface area (Å²) in [7, 11) is 0. The molecule has 2 aliphatic rings. The van der Waals surface area contributed by atoms with Crippen LogP contribution < -0.4 is 5.32 Å². The fourth-order valence-corrected chi connectivity index (χ4v) is 3.12. The third-order valence-corrected chi connectivity index (χ3v) is 4.74. The van der Waals surface area contributed by atoms with Crippen LogP contribution in [0.3, 0.4) is 0 Å². The van der Waals surface area contributed by atoms with Gasteiger partial charge in [-0.05, 0) is 12.2 Å². The van der Waals surface area contributed by atoms with Crippen molar-refractivity contribution in [1.29, 1.82) is 0 Å². The van der Waals surface area contributed by atoms with Gasteiger partial charge in [-0.2, -0.15) is 11.8 Å². The molecule has 0 spiro atoms. The van der Waals surface area contributed by atoms with Gasteiger partial charge in [0.15, 0.2) is 6.10 Å². The van der Waals surface area contributed by atoms with Gasteiger partial charge in [-0.3, -0.25) is 0 Å². The minimum absolute atomic E-state index is 0.246. The van der Waals surface area contributed by atoms with Crippen LogP contribution in [0.15, 0.2) is 84.6 Å². The summed E-state index contributed by atoms with van der Waals surface area (Å²) in [6, 6.07) is 0. The Morgan fingerprint density at radius 3 is 2.30 bits per heavy atom. The fraction of sp³-hybridized carbons (Fsp3) is 0.318. The minimum atomic E-state index is -0.370. The second kappa shape index (κ2) is 13.0. The molecule has 0 unspecified atom stereocenters. The number of nitrogens with one attached hydrogen (secondary N) is 1. The molecule has 0 saturated heterocycles. The van der Waals surface area contributed by atoms with Gasteiger partial charge in [0, 0.05) is 23.4 Å². The van der Waals surface area contributed by atoms with Crippen LogP contribution in [-0.2, 0) is 9.47 Å². The van der Waals surface area contributed by atoms with Crippen LogP contribution in [0.1, 0.15) is 6.42 Å². The third kappa shape index (κ3) is 8.80. The Kier molecular flexibility index (Phi) is 10.1. The van der Waals surface area contributed by atoms with Gasteiger partial charge < -0.3 is 14.8 Å². The van der Waals surface area contributed by atoms with Crippen LogP contribution >= 0.6 is 11.8 Å². The van der Waals surface area contributed by atoms with E-state index in [0.29, 0.717) is 13.2 Å². The smallest absolute Gasteiger partial charge is 0.408 e. The lowest BCUT2D eigenvalue weighted by atomic mass is 10.3. The first-order chi connectivity index (χ1) is 13.3. The summed E-state index contributed by atoms with van der Waals surface area (Å²) in [6.45, 7) is 5.54. The Labute approximate surface area is 166 Å². The van der Waals surface area contributed by atoms with Crippen LogP contribution in [0.5, 0.6) is 0 Å². The van der Waals surface area contributed by atoms with E-state index in [4.69, 9.17) is 9.47 Å². The molecule has 1 N–H and O–H groups in total. The van der Waals surface area contributed by atoms with Crippen LogP contribution in [0.25, 0.3) is 0 Å². The molecule has 0 saturated carbocycles. The maximum Gasteiger partial charge on any atom is 0.408 e. The molecule has 144 valence electrons. The maximum absolute atomic E-state index is 12.0. The van der Waals surface area contributed by atoms with Gasteiger partial charge in [-0.25, -0.2) is 4.79 Å². The van der Waals surface area contributed by atoms with E-state index < -0.39 is 0 Å². The van der Waals surface area contributed by atoms with Crippen molar-refractivity contribution in [2.75, 3.05) is 31.3 Å². The molecule has 4 nitrogen and oxygen atoms in total. The summed E-state index contributed by atoms with van der Waals surface area (Å²) in [5.74, 6) is 1.93. The van der Waals surface area contributed by atoms with Gasteiger partial charge in [0.25, 0.3) is 0 Å². The van der Waals surface area contributed by atoms with E-state index >= 15 is 0 Å². The van der Waals surface area contributed by atoms with Crippen LogP contribution in [-0.4, -0.2) is 43.5 Å². The molecule has 0 bridgehead atoms. The normalized spacial score (nSPS) is 21.8. The molecule has 0 aliphatic heterocycles. The number of hydrogen-bond acceptors (Lipinski definition) is 4. The summed E-state index contributed by atoms with van der Waals surface area (Å²) in [5, 5.41) is 2.82. The van der Waals surface area contributed by atoms with E-state index in [2.05, 4.69) is 11.9 Å². The van der Waals surface area contributed by atoms with Crippen molar-refractivity contribution < 1.29 is 14.3 Å². The second-order valence-electron chi connectivity index (χ2n) is 5.83. The molecule has 0 fully saturated rings. The average molecular weight is 386 g/mol. The zero-order valence-electron chi connectivity index (χ0n) is 15.5. The van der Waals surface area contributed by atoms with Crippen molar-refractivity contribution in [3.8, 4) is 0 Å². The number of amides is 1. The Morgan fingerprint density at radius 1 is 1.04 bits per heavy atom. The van der Waals surface area contributed by atoms with Gasteiger partial charge in [-0.15, -0.1) is 6.58 Å². The lowest BCUT2D eigenvalue weighted by Gasteiger charge is -2.07. The number of alkyl carbamates (subject to hydrolysis) is 1. The van der Waals surface area contributed by atoms with E-state index in [0.717, 1.165) is 35.7 Å². The number of allylic oxidation sites excluding steroid dienone is 8. The summed E-state index contributed by atoms with van der Waals surface area (Å²) in [5.41, 5.74) is 2.08. The summed E-state index contributed by atoms with van der Waals surface area (Å²) in [4.78, 5) is 12.0. The SMILES string of the molecule is C=CCOCCSCCCNC(=O)OC1C2=C1\C=C/C=C\C=C/C=C\C=C/2. The second-order valence-corrected chi connectivity index (χ2v) is 7.05. The summed E-state index contributed by atoms with van der Waals surface area (Å²) >= 11 is 1.81. The quantitative estimate of drug-likeness (QED) is 0.444. The molecule has 0 aromatic heterocycles. The van der Waals surface area contributed by atoms with Gasteiger partial charge in [0.2, 0.25) is 0 Å². The first-order valence-corrected chi connectivity index (χ1v) is 10.3. The number of carbonyl (C=O) groups is 1. The average Bonchev–Trinajstić information content (AvgIpc) is 3.30. The largest absolute Gasteiger partial charge is 0.436 e. The van der Waals surface area contributed by atoms with Crippen molar-refractivity contribution >= 4 is 17.9 Å². The number of ether oxygens (including phenoxy) is 2. The zero-order chi connectivity index (χ0) is 19.2. The Bertz CT molecular complexity index is 635. The van der Waals surface area contributed by atoms with Crippen molar-refractivity contribution in [2.24, 2.45) is 0 Å². The highest BCUT2D eigenvalue weighted by atomic mass is 32.2. The molecule has 0 heterocycles. The van der Waals surface area contributed by atoms with Crippen LogP contribution in [0.4, 0.5) is 4.79 Å². The van der Waals surface area contributed by atoms with E-state index in [-0.39, 0.29) is 12.2 Å². The van der Waals surface area contributed by atoms with E-state index in [1.165, 1.54) is 0 Å². The van der Waals surface area contributed by atoms with E-state index in [9.17, 15) is 4.79 Å². The maximum atomic E-state index is 12.0. The van der Waals surface area contributed by atoms with E-state index in [1.807, 2.05) is 72.5 Å². The van der Waals surface area contributed by atoms with Gasteiger partial charge in [0.05, 0.1) is 13.2 Å². The molecular weight excluding hydrogens is 358 g/mol. The van der Waals surface area contributed by atoms with E-state index in [1.54, 1.807) is 6.08 Å². The lowest BCUT2D eigenvalue weighted by Crippen LogP contribution is -2.27. The predicted octanol–water partition coefficient (Wildman–Crippen LogP) is 4.51. The molecule has 0 aromatic carbocycles. The number of rotatable bonds is 10. The first kappa shape index (κ1) is 21.1. The van der Waals surface area contributed by atoms with Crippen molar-refractivity contribution in [3.63, 3.8) is 0 Å². The molecule has 0 radical (unpaired) electrons. The monoisotopic (exact) mass is 385 g/mol.